The second-order valence-corrected chi connectivity index (χ2v) is 6.63. The predicted molar refractivity (Wildman–Crippen MR) is 113 cm³/mol. The zero-order valence-corrected chi connectivity index (χ0v) is 17.2. The number of benzene rings is 2. The molecule has 0 bridgehead atoms. The second kappa shape index (κ2) is 8.60. The van der Waals surface area contributed by atoms with Crippen LogP contribution in [0.25, 0.3) is 0 Å². The van der Waals surface area contributed by atoms with Gasteiger partial charge in [0.1, 0.15) is 28.8 Å². The van der Waals surface area contributed by atoms with Gasteiger partial charge in [-0.3, -0.25) is 4.79 Å². The molecule has 0 spiro atoms. The van der Waals surface area contributed by atoms with Crippen LogP contribution < -0.4 is 20.1 Å². The molecule has 29 heavy (non-hydrogen) atoms. The number of anilines is 3. The molecule has 1 heterocycles. The van der Waals surface area contributed by atoms with E-state index in [1.54, 1.807) is 38.3 Å². The summed E-state index contributed by atoms with van der Waals surface area (Å²) in [6.45, 7) is 5.85. The van der Waals surface area contributed by atoms with Gasteiger partial charge in [-0.1, -0.05) is 6.07 Å². The Morgan fingerprint density at radius 3 is 2.38 bits per heavy atom. The highest BCUT2D eigenvalue weighted by molar-refractivity contribution is 6.04. The van der Waals surface area contributed by atoms with Crippen LogP contribution in [0.4, 0.5) is 17.2 Å². The summed E-state index contributed by atoms with van der Waals surface area (Å²) in [5.41, 5.74) is 4.06. The Balaban J connectivity index is 1.83. The number of carbonyl (C=O) groups excluding carboxylic acids is 1. The van der Waals surface area contributed by atoms with Gasteiger partial charge in [-0.15, -0.1) is 0 Å². The molecule has 0 aliphatic carbocycles. The van der Waals surface area contributed by atoms with E-state index in [0.717, 1.165) is 5.69 Å². The van der Waals surface area contributed by atoms with Crippen molar-refractivity contribution in [3.05, 3.63) is 65.1 Å². The van der Waals surface area contributed by atoms with Gasteiger partial charge in [0.05, 0.1) is 19.9 Å². The molecule has 7 nitrogen and oxygen atoms in total. The van der Waals surface area contributed by atoms with Gasteiger partial charge in [0, 0.05) is 17.8 Å². The minimum atomic E-state index is -0.359. The fourth-order valence-electron chi connectivity index (χ4n) is 2.80. The Morgan fingerprint density at radius 1 is 0.897 bits per heavy atom. The van der Waals surface area contributed by atoms with Crippen LogP contribution in [0.3, 0.4) is 0 Å². The smallest absolute Gasteiger partial charge is 0.274 e. The van der Waals surface area contributed by atoms with Crippen molar-refractivity contribution < 1.29 is 14.3 Å². The van der Waals surface area contributed by atoms with E-state index in [4.69, 9.17) is 9.47 Å². The summed E-state index contributed by atoms with van der Waals surface area (Å²) in [5, 5.41) is 6.06. The first kappa shape index (κ1) is 20.1. The van der Waals surface area contributed by atoms with Crippen LogP contribution in [0.2, 0.25) is 0 Å². The molecular weight excluding hydrogens is 368 g/mol. The number of rotatable bonds is 6. The molecule has 1 amide bonds. The van der Waals surface area contributed by atoms with Crippen molar-refractivity contribution in [1.29, 1.82) is 0 Å². The van der Waals surface area contributed by atoms with Crippen LogP contribution in [0.5, 0.6) is 11.5 Å². The van der Waals surface area contributed by atoms with Crippen molar-refractivity contribution in [1.82, 2.24) is 9.97 Å². The van der Waals surface area contributed by atoms with Crippen LogP contribution in [0.1, 0.15) is 27.4 Å². The van der Waals surface area contributed by atoms with Crippen LogP contribution >= 0.6 is 0 Å². The number of aryl methyl sites for hydroxylation is 3. The van der Waals surface area contributed by atoms with E-state index in [1.807, 2.05) is 25.1 Å². The number of nitrogens with one attached hydrogen (secondary N) is 2. The fraction of sp³-hybridized carbons (Fsp3) is 0.227. The van der Waals surface area contributed by atoms with Gasteiger partial charge in [-0.05, 0) is 56.2 Å². The first-order valence-corrected chi connectivity index (χ1v) is 9.13. The highest BCUT2D eigenvalue weighted by atomic mass is 16.5. The topological polar surface area (TPSA) is 85.4 Å². The zero-order chi connectivity index (χ0) is 21.0. The molecule has 3 aromatic rings. The first-order valence-electron chi connectivity index (χ1n) is 9.13. The molecule has 0 aliphatic heterocycles. The van der Waals surface area contributed by atoms with Crippen molar-refractivity contribution >= 4 is 23.1 Å². The highest BCUT2D eigenvalue weighted by Gasteiger charge is 2.14. The number of methoxy groups -OCH3 is 2. The van der Waals surface area contributed by atoms with Crippen molar-refractivity contribution in [2.75, 3.05) is 24.9 Å². The maximum absolute atomic E-state index is 12.8. The summed E-state index contributed by atoms with van der Waals surface area (Å²) in [5.74, 6) is 1.81. The lowest BCUT2D eigenvalue weighted by Crippen LogP contribution is -2.16. The number of carbonyl (C=O) groups is 1. The van der Waals surface area contributed by atoms with Crippen LogP contribution in [-0.2, 0) is 0 Å². The van der Waals surface area contributed by atoms with Crippen molar-refractivity contribution in [3.63, 3.8) is 0 Å². The normalized spacial score (nSPS) is 10.4. The fourth-order valence-corrected chi connectivity index (χ4v) is 2.80. The van der Waals surface area contributed by atoms with E-state index in [9.17, 15) is 4.79 Å². The van der Waals surface area contributed by atoms with Gasteiger partial charge in [0.15, 0.2) is 0 Å². The largest absolute Gasteiger partial charge is 0.497 e. The molecule has 2 N–H and O–H groups in total. The molecule has 0 aliphatic rings. The maximum atomic E-state index is 12.8. The van der Waals surface area contributed by atoms with E-state index < -0.39 is 0 Å². The third kappa shape index (κ3) is 4.82. The van der Waals surface area contributed by atoms with Gasteiger partial charge < -0.3 is 20.1 Å². The van der Waals surface area contributed by atoms with Gasteiger partial charge >= 0.3 is 0 Å². The third-order valence-corrected chi connectivity index (χ3v) is 4.51. The van der Waals surface area contributed by atoms with E-state index in [-0.39, 0.29) is 11.6 Å². The number of ether oxygens (including phenoxy) is 2. The Hall–Kier alpha value is -3.61. The monoisotopic (exact) mass is 392 g/mol. The van der Waals surface area contributed by atoms with E-state index >= 15 is 0 Å². The maximum Gasteiger partial charge on any atom is 0.274 e. The molecule has 1 aromatic heterocycles. The Morgan fingerprint density at radius 2 is 1.69 bits per heavy atom. The van der Waals surface area contributed by atoms with Crippen molar-refractivity contribution in [2.45, 2.75) is 20.8 Å². The lowest BCUT2D eigenvalue weighted by Gasteiger charge is -2.13. The molecule has 7 heteroatoms. The molecule has 0 saturated carbocycles. The Kier molecular flexibility index (Phi) is 5.97. The minimum Gasteiger partial charge on any atom is -0.497 e. The van der Waals surface area contributed by atoms with Gasteiger partial charge in [0.2, 0.25) is 0 Å². The second-order valence-electron chi connectivity index (χ2n) is 6.63. The summed E-state index contributed by atoms with van der Waals surface area (Å²) in [4.78, 5) is 21.4. The number of hydrogen-bond acceptors (Lipinski definition) is 6. The Labute approximate surface area is 170 Å². The lowest BCUT2D eigenvalue weighted by molar-refractivity contribution is 0.102. The molecular formula is C22H24N4O3. The van der Waals surface area contributed by atoms with E-state index in [2.05, 4.69) is 27.5 Å². The summed E-state index contributed by atoms with van der Waals surface area (Å²) < 4.78 is 10.5. The quantitative estimate of drug-likeness (QED) is 0.646. The third-order valence-electron chi connectivity index (χ3n) is 4.51. The number of hydrogen-bond donors (Lipinski definition) is 2. The highest BCUT2D eigenvalue weighted by Crippen LogP contribution is 2.29. The van der Waals surface area contributed by atoms with Crippen LogP contribution in [0, 0.1) is 20.8 Å². The predicted octanol–water partition coefficient (Wildman–Crippen LogP) is 4.41. The standard InChI is InChI=1S/C22H24N4O3/c1-13-6-7-16(10-14(13)2)25-21-12-19(23-15(3)24-21)22(27)26-18-9-8-17(28-4)11-20(18)29-5/h6-12H,1-5H3,(H,26,27)(H,23,24,25). The van der Waals surface area contributed by atoms with Crippen LogP contribution in [-0.4, -0.2) is 30.1 Å². The molecule has 150 valence electrons. The van der Waals surface area contributed by atoms with E-state index in [0.29, 0.717) is 28.8 Å². The molecule has 0 radical (unpaired) electrons. The lowest BCUT2D eigenvalue weighted by atomic mass is 10.1. The van der Waals surface area contributed by atoms with Crippen molar-refractivity contribution in [3.8, 4) is 11.5 Å². The molecule has 3 rings (SSSR count). The summed E-state index contributed by atoms with van der Waals surface area (Å²) in [6.07, 6.45) is 0. The van der Waals surface area contributed by atoms with E-state index in [1.165, 1.54) is 18.2 Å². The summed E-state index contributed by atoms with van der Waals surface area (Å²) in [6, 6.07) is 12.8. The molecule has 0 fully saturated rings. The summed E-state index contributed by atoms with van der Waals surface area (Å²) >= 11 is 0. The number of aromatic nitrogens is 2. The first-order chi connectivity index (χ1) is 13.9. The molecule has 0 atom stereocenters. The Bertz CT molecular complexity index is 1050. The number of nitrogens with zero attached hydrogens (tertiary/aromatic N) is 2. The average molecular weight is 392 g/mol. The van der Waals surface area contributed by atoms with Gasteiger partial charge in [-0.25, -0.2) is 9.97 Å². The van der Waals surface area contributed by atoms with Crippen LogP contribution in [0.15, 0.2) is 42.5 Å². The van der Waals surface area contributed by atoms with Gasteiger partial charge in [0.25, 0.3) is 5.91 Å². The molecule has 2 aromatic carbocycles. The molecule has 0 unspecified atom stereocenters. The minimum absolute atomic E-state index is 0.252. The van der Waals surface area contributed by atoms with Crippen molar-refractivity contribution in [2.24, 2.45) is 0 Å². The zero-order valence-electron chi connectivity index (χ0n) is 17.2. The molecule has 0 saturated heterocycles. The number of amides is 1. The van der Waals surface area contributed by atoms with Gasteiger partial charge in [-0.2, -0.15) is 0 Å². The summed E-state index contributed by atoms with van der Waals surface area (Å²) in [7, 11) is 3.10. The average Bonchev–Trinajstić information content (AvgIpc) is 2.70. The SMILES string of the molecule is COc1ccc(NC(=O)c2cc(Nc3ccc(C)c(C)c3)nc(C)n2)c(OC)c1.